The second-order valence-electron chi connectivity index (χ2n) is 4.26. The third kappa shape index (κ3) is 4.96. The van der Waals surface area contributed by atoms with Crippen LogP contribution in [0.2, 0.25) is 0 Å². The van der Waals surface area contributed by atoms with E-state index in [-0.39, 0.29) is 5.97 Å². The number of benzene rings is 1. The maximum atomic E-state index is 11.0. The van der Waals surface area contributed by atoms with Crippen LogP contribution in [-0.4, -0.2) is 13.1 Å². The van der Waals surface area contributed by atoms with E-state index in [1.165, 1.54) is 12.7 Å². The van der Waals surface area contributed by atoms with Gasteiger partial charge in [-0.1, -0.05) is 37.3 Å². The van der Waals surface area contributed by atoms with Crippen molar-refractivity contribution in [1.82, 2.24) is 0 Å². The SMILES string of the molecule is COC(=O)CC(C)CCCc1ccccc1. The fourth-order valence-corrected chi connectivity index (χ4v) is 1.77. The molecule has 1 unspecified atom stereocenters. The van der Waals surface area contributed by atoms with Gasteiger partial charge in [0.25, 0.3) is 0 Å². The highest BCUT2D eigenvalue weighted by atomic mass is 16.5. The van der Waals surface area contributed by atoms with E-state index in [1.807, 2.05) is 6.07 Å². The van der Waals surface area contributed by atoms with E-state index >= 15 is 0 Å². The lowest BCUT2D eigenvalue weighted by molar-refractivity contribution is -0.141. The van der Waals surface area contributed by atoms with Gasteiger partial charge in [0.15, 0.2) is 0 Å². The molecule has 2 nitrogen and oxygen atoms in total. The van der Waals surface area contributed by atoms with Crippen LogP contribution in [0.5, 0.6) is 0 Å². The van der Waals surface area contributed by atoms with Gasteiger partial charge in [0.1, 0.15) is 0 Å². The van der Waals surface area contributed by atoms with Gasteiger partial charge in [-0.3, -0.25) is 4.79 Å². The first kappa shape index (κ1) is 12.8. The third-order valence-electron chi connectivity index (χ3n) is 2.75. The van der Waals surface area contributed by atoms with Crippen molar-refractivity contribution in [2.24, 2.45) is 5.92 Å². The molecule has 0 saturated heterocycles. The molecule has 0 aliphatic rings. The van der Waals surface area contributed by atoms with Crippen molar-refractivity contribution in [3.8, 4) is 0 Å². The van der Waals surface area contributed by atoms with Crippen molar-refractivity contribution in [2.45, 2.75) is 32.6 Å². The van der Waals surface area contributed by atoms with Crippen LogP contribution >= 0.6 is 0 Å². The van der Waals surface area contributed by atoms with Crippen LogP contribution in [0.3, 0.4) is 0 Å². The van der Waals surface area contributed by atoms with Gasteiger partial charge in [-0.25, -0.2) is 0 Å². The van der Waals surface area contributed by atoms with Gasteiger partial charge in [0.2, 0.25) is 0 Å². The highest BCUT2D eigenvalue weighted by Crippen LogP contribution is 2.13. The largest absolute Gasteiger partial charge is 0.469 e. The Morgan fingerprint density at radius 1 is 1.31 bits per heavy atom. The van der Waals surface area contributed by atoms with Crippen LogP contribution < -0.4 is 0 Å². The number of aryl methyl sites for hydroxylation is 1. The Kier molecular flexibility index (Phi) is 5.62. The molecule has 2 heteroatoms. The first-order valence-electron chi connectivity index (χ1n) is 5.83. The van der Waals surface area contributed by atoms with E-state index in [1.54, 1.807) is 0 Å². The summed E-state index contributed by atoms with van der Waals surface area (Å²) in [7, 11) is 1.44. The fraction of sp³-hybridized carbons (Fsp3) is 0.500. The summed E-state index contributed by atoms with van der Waals surface area (Å²) < 4.78 is 4.65. The molecule has 0 spiro atoms. The highest BCUT2D eigenvalue weighted by molar-refractivity contribution is 5.69. The quantitative estimate of drug-likeness (QED) is 0.688. The minimum atomic E-state index is -0.104. The Morgan fingerprint density at radius 3 is 2.62 bits per heavy atom. The average Bonchev–Trinajstić information content (AvgIpc) is 2.30. The predicted molar refractivity (Wildman–Crippen MR) is 65.2 cm³/mol. The molecule has 16 heavy (non-hydrogen) atoms. The molecule has 1 atom stereocenters. The Bertz CT molecular complexity index is 306. The number of hydrogen-bond donors (Lipinski definition) is 0. The second kappa shape index (κ2) is 7.04. The predicted octanol–water partition coefficient (Wildman–Crippen LogP) is 3.21. The molecular weight excluding hydrogens is 200 g/mol. The summed E-state index contributed by atoms with van der Waals surface area (Å²) in [6, 6.07) is 10.4. The summed E-state index contributed by atoms with van der Waals surface area (Å²) in [5, 5.41) is 0. The number of esters is 1. The average molecular weight is 220 g/mol. The van der Waals surface area contributed by atoms with E-state index in [2.05, 4.69) is 35.9 Å². The van der Waals surface area contributed by atoms with Gasteiger partial charge in [-0.05, 0) is 30.7 Å². The van der Waals surface area contributed by atoms with Crippen LogP contribution in [0.15, 0.2) is 30.3 Å². The maximum absolute atomic E-state index is 11.0. The third-order valence-corrected chi connectivity index (χ3v) is 2.75. The highest BCUT2D eigenvalue weighted by Gasteiger charge is 2.08. The molecule has 0 fully saturated rings. The molecule has 0 heterocycles. The van der Waals surface area contributed by atoms with E-state index in [4.69, 9.17) is 0 Å². The monoisotopic (exact) mass is 220 g/mol. The van der Waals surface area contributed by atoms with Gasteiger partial charge in [0, 0.05) is 6.42 Å². The van der Waals surface area contributed by atoms with Crippen LogP contribution in [0.1, 0.15) is 31.7 Å². The van der Waals surface area contributed by atoms with Gasteiger partial charge < -0.3 is 4.74 Å². The lowest BCUT2D eigenvalue weighted by Gasteiger charge is -2.09. The number of hydrogen-bond acceptors (Lipinski definition) is 2. The minimum absolute atomic E-state index is 0.104. The Labute approximate surface area is 97.6 Å². The zero-order valence-electron chi connectivity index (χ0n) is 10.1. The molecule has 0 N–H and O–H groups in total. The van der Waals surface area contributed by atoms with E-state index in [0.717, 1.165) is 19.3 Å². The summed E-state index contributed by atoms with van der Waals surface area (Å²) in [5.74, 6) is 0.309. The summed E-state index contributed by atoms with van der Waals surface area (Å²) in [5.41, 5.74) is 1.37. The van der Waals surface area contributed by atoms with E-state index in [9.17, 15) is 4.79 Å². The molecule has 0 saturated carbocycles. The number of ether oxygens (including phenoxy) is 1. The standard InChI is InChI=1S/C14H20O2/c1-12(11-14(15)16-2)7-6-10-13-8-4-3-5-9-13/h3-5,8-9,12H,6-7,10-11H2,1-2H3. The van der Waals surface area contributed by atoms with Crippen molar-refractivity contribution in [3.05, 3.63) is 35.9 Å². The Morgan fingerprint density at radius 2 is 2.00 bits per heavy atom. The normalized spacial score (nSPS) is 12.1. The molecular formula is C14H20O2. The fourth-order valence-electron chi connectivity index (χ4n) is 1.77. The second-order valence-corrected chi connectivity index (χ2v) is 4.26. The van der Waals surface area contributed by atoms with Gasteiger partial charge in [0.05, 0.1) is 7.11 Å². The van der Waals surface area contributed by atoms with Crippen molar-refractivity contribution in [3.63, 3.8) is 0 Å². The summed E-state index contributed by atoms with van der Waals surface area (Å²) >= 11 is 0. The van der Waals surface area contributed by atoms with Crippen LogP contribution in [-0.2, 0) is 16.0 Å². The van der Waals surface area contributed by atoms with Gasteiger partial charge >= 0.3 is 5.97 Å². The number of rotatable bonds is 6. The molecule has 1 aromatic carbocycles. The first-order chi connectivity index (χ1) is 7.72. The molecule has 88 valence electrons. The Balaban J connectivity index is 2.18. The molecule has 0 aliphatic carbocycles. The van der Waals surface area contributed by atoms with Crippen molar-refractivity contribution >= 4 is 5.97 Å². The number of carbonyl (C=O) groups excluding carboxylic acids is 1. The molecule has 0 aliphatic heterocycles. The summed E-state index contributed by atoms with van der Waals surface area (Å²) in [6.45, 7) is 2.10. The zero-order chi connectivity index (χ0) is 11.8. The van der Waals surface area contributed by atoms with Crippen LogP contribution in [0.25, 0.3) is 0 Å². The summed E-state index contributed by atoms with van der Waals surface area (Å²) in [4.78, 5) is 11.0. The first-order valence-corrected chi connectivity index (χ1v) is 5.83. The van der Waals surface area contributed by atoms with Crippen LogP contribution in [0, 0.1) is 5.92 Å². The number of methoxy groups -OCH3 is 1. The molecule has 0 bridgehead atoms. The molecule has 1 aromatic rings. The molecule has 0 amide bonds. The van der Waals surface area contributed by atoms with Crippen molar-refractivity contribution in [2.75, 3.05) is 7.11 Å². The van der Waals surface area contributed by atoms with Crippen LogP contribution in [0.4, 0.5) is 0 Å². The van der Waals surface area contributed by atoms with Crippen molar-refractivity contribution < 1.29 is 9.53 Å². The maximum Gasteiger partial charge on any atom is 0.305 e. The smallest absolute Gasteiger partial charge is 0.305 e. The van der Waals surface area contributed by atoms with E-state index in [0.29, 0.717) is 12.3 Å². The van der Waals surface area contributed by atoms with Gasteiger partial charge in [-0.15, -0.1) is 0 Å². The van der Waals surface area contributed by atoms with Gasteiger partial charge in [-0.2, -0.15) is 0 Å². The van der Waals surface area contributed by atoms with Crippen molar-refractivity contribution in [1.29, 1.82) is 0 Å². The Hall–Kier alpha value is -1.31. The molecule has 0 radical (unpaired) electrons. The summed E-state index contributed by atoms with van der Waals surface area (Å²) in [6.07, 6.45) is 3.82. The lowest BCUT2D eigenvalue weighted by Crippen LogP contribution is -2.07. The molecule has 1 rings (SSSR count). The minimum Gasteiger partial charge on any atom is -0.469 e. The molecule has 0 aromatic heterocycles. The zero-order valence-corrected chi connectivity index (χ0v) is 10.1. The topological polar surface area (TPSA) is 26.3 Å². The lowest BCUT2D eigenvalue weighted by atomic mass is 9.98. The number of carbonyl (C=O) groups is 1. The van der Waals surface area contributed by atoms with E-state index < -0.39 is 0 Å².